The number of methoxy groups -OCH3 is 1. The van der Waals surface area contributed by atoms with Crippen LogP contribution in [-0.4, -0.2) is 68.8 Å². The van der Waals surface area contributed by atoms with Crippen molar-refractivity contribution in [2.45, 2.75) is 26.3 Å². The van der Waals surface area contributed by atoms with E-state index in [9.17, 15) is 9.59 Å². The molecule has 1 atom stereocenters. The smallest absolute Gasteiger partial charge is 0.290 e. The first-order chi connectivity index (χ1) is 18.4. The van der Waals surface area contributed by atoms with Crippen LogP contribution in [0.1, 0.15) is 48.0 Å². The minimum absolute atomic E-state index is 0.0836. The van der Waals surface area contributed by atoms with Crippen LogP contribution >= 0.6 is 11.6 Å². The molecule has 8 nitrogen and oxygen atoms in total. The van der Waals surface area contributed by atoms with Gasteiger partial charge < -0.3 is 23.5 Å². The van der Waals surface area contributed by atoms with Crippen LogP contribution in [0.5, 0.6) is 11.5 Å². The van der Waals surface area contributed by atoms with E-state index in [2.05, 4.69) is 18.7 Å². The van der Waals surface area contributed by atoms with Crippen molar-refractivity contribution in [3.63, 3.8) is 0 Å². The minimum atomic E-state index is -0.616. The first kappa shape index (κ1) is 26.5. The number of rotatable bonds is 9. The van der Waals surface area contributed by atoms with Crippen molar-refractivity contribution < 1.29 is 23.4 Å². The summed E-state index contributed by atoms with van der Waals surface area (Å²) in [7, 11) is 1.58. The van der Waals surface area contributed by atoms with Gasteiger partial charge in [0.1, 0.15) is 5.58 Å². The molecule has 1 unspecified atom stereocenters. The average Bonchev–Trinajstić information content (AvgIpc) is 3.20. The molecule has 38 heavy (non-hydrogen) atoms. The molecule has 1 fully saturated rings. The van der Waals surface area contributed by atoms with E-state index in [1.54, 1.807) is 30.2 Å². The fourth-order valence-corrected chi connectivity index (χ4v) is 5.26. The Balaban J connectivity index is 1.54. The van der Waals surface area contributed by atoms with Crippen molar-refractivity contribution in [3.05, 3.63) is 68.5 Å². The van der Waals surface area contributed by atoms with Crippen LogP contribution in [0.3, 0.4) is 0 Å². The van der Waals surface area contributed by atoms with Gasteiger partial charge in [0.15, 0.2) is 16.9 Å². The topological polar surface area (TPSA) is 81.5 Å². The Morgan fingerprint density at radius 3 is 2.58 bits per heavy atom. The summed E-state index contributed by atoms with van der Waals surface area (Å²) in [6.07, 6.45) is 0.752. The zero-order chi connectivity index (χ0) is 26.8. The third kappa shape index (κ3) is 5.25. The van der Waals surface area contributed by atoms with Crippen molar-refractivity contribution in [1.82, 2.24) is 9.80 Å². The monoisotopic (exact) mass is 540 g/mol. The number of carbonyl (C=O) groups excluding carboxylic acids is 1. The minimum Gasteiger partial charge on any atom is -0.493 e. The van der Waals surface area contributed by atoms with E-state index in [4.69, 9.17) is 30.2 Å². The molecule has 2 aliphatic heterocycles. The SMILES string of the molecule is COc1cc(C2c3c(oc4ccc(Cl)cc4c3=O)C(=O)N2CCCN2CCOCC2)ccc1OCC(C)C. The number of benzene rings is 2. The van der Waals surface area contributed by atoms with E-state index in [1.165, 1.54) is 0 Å². The average molecular weight is 541 g/mol. The number of nitrogens with zero attached hydrogens (tertiary/aromatic N) is 2. The lowest BCUT2D eigenvalue weighted by Gasteiger charge is -2.29. The van der Waals surface area contributed by atoms with E-state index in [0.29, 0.717) is 52.1 Å². The van der Waals surface area contributed by atoms with Gasteiger partial charge >= 0.3 is 0 Å². The fourth-order valence-electron chi connectivity index (χ4n) is 5.09. The normalized spacial score (nSPS) is 17.9. The maximum Gasteiger partial charge on any atom is 0.290 e. The second kappa shape index (κ2) is 11.4. The number of morpholine rings is 1. The Morgan fingerprint density at radius 2 is 1.84 bits per heavy atom. The van der Waals surface area contributed by atoms with E-state index in [-0.39, 0.29) is 17.1 Å². The second-order valence-corrected chi connectivity index (χ2v) is 10.6. The van der Waals surface area contributed by atoms with Crippen molar-refractivity contribution in [2.75, 3.05) is 53.1 Å². The highest BCUT2D eigenvalue weighted by molar-refractivity contribution is 6.31. The molecular formula is C29H33ClN2O6. The van der Waals surface area contributed by atoms with Gasteiger partial charge in [0.2, 0.25) is 5.76 Å². The molecule has 3 aromatic rings. The summed E-state index contributed by atoms with van der Waals surface area (Å²) < 4.78 is 23.1. The first-order valence-electron chi connectivity index (χ1n) is 13.1. The van der Waals surface area contributed by atoms with Gasteiger partial charge in [-0.25, -0.2) is 0 Å². The van der Waals surface area contributed by atoms with Crippen molar-refractivity contribution in [3.8, 4) is 11.5 Å². The quantitative estimate of drug-likeness (QED) is 0.387. The molecule has 0 saturated carbocycles. The van der Waals surface area contributed by atoms with Crippen LogP contribution in [0.4, 0.5) is 0 Å². The summed E-state index contributed by atoms with van der Waals surface area (Å²) in [6, 6.07) is 9.83. The predicted molar refractivity (Wildman–Crippen MR) is 146 cm³/mol. The van der Waals surface area contributed by atoms with Crippen molar-refractivity contribution >= 4 is 28.5 Å². The molecule has 0 bridgehead atoms. The molecule has 2 aliphatic rings. The molecule has 1 aromatic heterocycles. The maximum absolute atomic E-state index is 13.8. The molecule has 0 radical (unpaired) electrons. The fraction of sp³-hybridized carbons (Fsp3) is 0.448. The molecule has 5 rings (SSSR count). The molecule has 0 spiro atoms. The highest BCUT2D eigenvalue weighted by Gasteiger charge is 2.42. The molecule has 1 amide bonds. The van der Waals surface area contributed by atoms with Gasteiger partial charge in [-0.05, 0) is 48.2 Å². The summed E-state index contributed by atoms with van der Waals surface area (Å²) in [6.45, 7) is 9.18. The number of amides is 1. The Morgan fingerprint density at radius 1 is 1.05 bits per heavy atom. The number of halogens is 1. The molecule has 2 aromatic carbocycles. The van der Waals surface area contributed by atoms with E-state index in [0.717, 1.165) is 44.8 Å². The van der Waals surface area contributed by atoms with Crippen LogP contribution in [0.25, 0.3) is 11.0 Å². The van der Waals surface area contributed by atoms with Gasteiger partial charge in [-0.2, -0.15) is 0 Å². The molecule has 0 N–H and O–H groups in total. The maximum atomic E-state index is 13.8. The number of hydrogen-bond donors (Lipinski definition) is 0. The Hall–Kier alpha value is -3.07. The van der Waals surface area contributed by atoms with Gasteiger partial charge in [0.05, 0.1) is 43.9 Å². The number of fused-ring (bicyclic) bond motifs is 2. The lowest BCUT2D eigenvalue weighted by atomic mass is 9.98. The van der Waals surface area contributed by atoms with Gasteiger partial charge in [-0.1, -0.05) is 31.5 Å². The summed E-state index contributed by atoms with van der Waals surface area (Å²) in [5.74, 6) is 1.31. The largest absolute Gasteiger partial charge is 0.493 e. The zero-order valence-corrected chi connectivity index (χ0v) is 22.8. The van der Waals surface area contributed by atoms with E-state index in [1.807, 2.05) is 18.2 Å². The van der Waals surface area contributed by atoms with E-state index < -0.39 is 6.04 Å². The number of carbonyl (C=O) groups is 1. The van der Waals surface area contributed by atoms with Gasteiger partial charge in [-0.15, -0.1) is 0 Å². The predicted octanol–water partition coefficient (Wildman–Crippen LogP) is 4.76. The van der Waals surface area contributed by atoms with Crippen molar-refractivity contribution in [1.29, 1.82) is 0 Å². The van der Waals surface area contributed by atoms with Crippen LogP contribution in [-0.2, 0) is 4.74 Å². The first-order valence-corrected chi connectivity index (χ1v) is 13.4. The molecule has 3 heterocycles. The summed E-state index contributed by atoms with van der Waals surface area (Å²) in [4.78, 5) is 31.6. The standard InChI is InChI=1S/C29H33ClN2O6/c1-18(2)17-37-23-7-5-19(15-24(23)35-3)26-25-27(33)21-16-20(30)6-8-22(21)38-28(25)29(34)32(26)10-4-9-31-11-13-36-14-12-31/h5-8,15-16,18,26H,4,9-14,17H2,1-3H3. The summed E-state index contributed by atoms with van der Waals surface area (Å²) in [5.41, 5.74) is 1.17. The highest BCUT2D eigenvalue weighted by Crippen LogP contribution is 2.41. The van der Waals surface area contributed by atoms with Crippen LogP contribution in [0, 0.1) is 5.92 Å². The second-order valence-electron chi connectivity index (χ2n) is 10.1. The summed E-state index contributed by atoms with van der Waals surface area (Å²) >= 11 is 6.20. The van der Waals surface area contributed by atoms with Gasteiger partial charge in [0.25, 0.3) is 5.91 Å². The number of hydrogen-bond acceptors (Lipinski definition) is 7. The van der Waals surface area contributed by atoms with Gasteiger partial charge in [0, 0.05) is 31.2 Å². The molecule has 0 aliphatic carbocycles. The molecule has 9 heteroatoms. The lowest BCUT2D eigenvalue weighted by Crippen LogP contribution is -2.38. The third-order valence-corrected chi connectivity index (χ3v) is 7.22. The van der Waals surface area contributed by atoms with E-state index >= 15 is 0 Å². The Bertz CT molecular complexity index is 1380. The zero-order valence-electron chi connectivity index (χ0n) is 22.0. The highest BCUT2D eigenvalue weighted by atomic mass is 35.5. The Labute approximate surface area is 227 Å². The third-order valence-electron chi connectivity index (χ3n) is 6.98. The van der Waals surface area contributed by atoms with Crippen molar-refractivity contribution in [2.24, 2.45) is 5.92 Å². The van der Waals surface area contributed by atoms with Gasteiger partial charge in [-0.3, -0.25) is 14.5 Å². The molecular weight excluding hydrogens is 508 g/mol. The lowest BCUT2D eigenvalue weighted by molar-refractivity contribution is 0.0353. The Kier molecular flexibility index (Phi) is 7.93. The molecule has 202 valence electrons. The van der Waals surface area contributed by atoms with Crippen LogP contribution in [0.15, 0.2) is 45.6 Å². The van der Waals surface area contributed by atoms with Crippen LogP contribution < -0.4 is 14.9 Å². The number of ether oxygens (including phenoxy) is 3. The van der Waals surface area contributed by atoms with Crippen LogP contribution in [0.2, 0.25) is 5.02 Å². The molecule has 1 saturated heterocycles. The summed E-state index contributed by atoms with van der Waals surface area (Å²) in [5, 5.41) is 0.786.